The number of unbranched alkanes of at least 4 members (excludes halogenated alkanes) is 33. The van der Waals surface area contributed by atoms with Crippen LogP contribution in [-0.2, 0) is 19.1 Å². The highest BCUT2D eigenvalue weighted by atomic mass is 16.6. The number of rotatable bonds is 61. The fourth-order valence-corrected chi connectivity index (χ4v) is 9.53. The molecule has 1 atom stereocenters. The van der Waals surface area contributed by atoms with Crippen molar-refractivity contribution in [2.24, 2.45) is 0 Å². The van der Waals surface area contributed by atoms with Gasteiger partial charge in [0.1, 0.15) is 6.61 Å². The topological polar surface area (TPSA) is 72.8 Å². The minimum Gasteiger partial charge on any atom is -0.462 e. The van der Waals surface area contributed by atoms with E-state index in [1.807, 2.05) is 0 Å². The van der Waals surface area contributed by atoms with Crippen LogP contribution in [0.4, 0.5) is 0 Å². The average molecular weight is 1100 g/mol. The van der Waals surface area contributed by atoms with Gasteiger partial charge in [0, 0.05) is 12.8 Å². The van der Waals surface area contributed by atoms with Crippen LogP contribution in [0.3, 0.4) is 0 Å². The molecule has 452 valence electrons. The van der Waals surface area contributed by atoms with Gasteiger partial charge in [0.25, 0.3) is 0 Å². The molecule has 1 unspecified atom stereocenters. The van der Waals surface area contributed by atoms with Gasteiger partial charge < -0.3 is 14.6 Å². The summed E-state index contributed by atoms with van der Waals surface area (Å²) in [5.74, 6) is -0.587. The van der Waals surface area contributed by atoms with Crippen LogP contribution in [0, 0.1) is 0 Å². The van der Waals surface area contributed by atoms with Gasteiger partial charge in [-0.25, -0.2) is 0 Å². The van der Waals surface area contributed by atoms with Crippen LogP contribution in [0.1, 0.15) is 316 Å². The van der Waals surface area contributed by atoms with Crippen LogP contribution < -0.4 is 0 Å². The van der Waals surface area contributed by atoms with Gasteiger partial charge in [-0.05, 0) is 89.9 Å². The van der Waals surface area contributed by atoms with Gasteiger partial charge in [-0.2, -0.15) is 0 Å². The molecule has 0 amide bonds. The Balaban J connectivity index is 3.53. The van der Waals surface area contributed by atoms with E-state index in [4.69, 9.17) is 9.47 Å². The lowest BCUT2D eigenvalue weighted by atomic mass is 10.0. The third kappa shape index (κ3) is 66.7. The summed E-state index contributed by atoms with van der Waals surface area (Å²) in [4.78, 5) is 24.6. The van der Waals surface area contributed by atoms with E-state index in [1.165, 1.54) is 186 Å². The Kier molecular flexibility index (Phi) is 65.4. The molecule has 5 nitrogen and oxygen atoms in total. The first kappa shape index (κ1) is 75.3. The molecule has 1 N–H and O–H groups in total. The summed E-state index contributed by atoms with van der Waals surface area (Å²) in [5, 5.41) is 9.69. The second-order valence-corrected chi connectivity index (χ2v) is 22.2. The molecule has 0 heterocycles. The number of esters is 2. The molecular formula is C74H126O5. The summed E-state index contributed by atoms with van der Waals surface area (Å²) >= 11 is 0. The van der Waals surface area contributed by atoms with Gasteiger partial charge in [-0.1, -0.05) is 334 Å². The number of allylic oxidation sites excluding steroid dienone is 20. The molecule has 0 saturated carbocycles. The molecule has 0 radical (unpaired) electrons. The Labute approximate surface area is 490 Å². The van der Waals surface area contributed by atoms with E-state index >= 15 is 0 Å². The van der Waals surface area contributed by atoms with Crippen LogP contribution in [0.25, 0.3) is 0 Å². The monoisotopic (exact) mass is 1090 g/mol. The van der Waals surface area contributed by atoms with Gasteiger partial charge in [0.2, 0.25) is 0 Å². The molecule has 0 saturated heterocycles. The molecule has 0 aliphatic carbocycles. The van der Waals surface area contributed by atoms with E-state index in [0.29, 0.717) is 12.8 Å². The third-order valence-electron chi connectivity index (χ3n) is 14.5. The second kappa shape index (κ2) is 68.6. The van der Waals surface area contributed by atoms with Crippen LogP contribution in [0.5, 0.6) is 0 Å². The predicted molar refractivity (Wildman–Crippen MR) is 348 cm³/mol. The zero-order chi connectivity index (χ0) is 56.9. The number of hydrogen-bond acceptors (Lipinski definition) is 5. The van der Waals surface area contributed by atoms with E-state index in [1.54, 1.807) is 0 Å². The molecule has 0 fully saturated rings. The Morgan fingerprint density at radius 3 is 0.823 bits per heavy atom. The molecule has 0 aromatic rings. The molecule has 0 rings (SSSR count). The van der Waals surface area contributed by atoms with Gasteiger partial charge in [0.15, 0.2) is 6.10 Å². The zero-order valence-corrected chi connectivity index (χ0v) is 51.9. The Bertz CT molecular complexity index is 1570. The SMILES string of the molecule is CC/C=C\C/C=C\C/C=C\C/C=C\C/C=C\C/C=C\C/C=C\C/C=C\C/C=C\C/C=C\CCCCCCCCCCCCC(=O)OC(CO)COC(=O)CCCCCCCCCCCCCCCCCCCCCCCCCC. The Hall–Kier alpha value is -3.70. The Morgan fingerprint density at radius 1 is 0.304 bits per heavy atom. The van der Waals surface area contributed by atoms with Crippen LogP contribution in [0.2, 0.25) is 0 Å². The summed E-state index contributed by atoms with van der Waals surface area (Å²) in [7, 11) is 0. The van der Waals surface area contributed by atoms with E-state index in [2.05, 4.69) is 135 Å². The molecule has 0 aromatic heterocycles. The number of carbonyl (C=O) groups is 2. The van der Waals surface area contributed by atoms with Crippen molar-refractivity contribution in [2.75, 3.05) is 13.2 Å². The number of ether oxygens (including phenoxy) is 2. The minimum atomic E-state index is -0.780. The lowest BCUT2D eigenvalue weighted by Crippen LogP contribution is -2.28. The largest absolute Gasteiger partial charge is 0.462 e. The molecule has 0 aromatic carbocycles. The maximum absolute atomic E-state index is 12.4. The highest BCUT2D eigenvalue weighted by Gasteiger charge is 2.16. The summed E-state index contributed by atoms with van der Waals surface area (Å²) in [5.41, 5.74) is 0. The first-order valence-corrected chi connectivity index (χ1v) is 33.6. The fraction of sp³-hybridized carbons (Fsp3) is 0.703. The number of aliphatic hydroxyl groups is 1. The first-order valence-electron chi connectivity index (χ1n) is 33.6. The zero-order valence-electron chi connectivity index (χ0n) is 51.9. The van der Waals surface area contributed by atoms with Crippen molar-refractivity contribution in [1.82, 2.24) is 0 Å². The Morgan fingerprint density at radius 2 is 0.544 bits per heavy atom. The molecule has 0 spiro atoms. The van der Waals surface area contributed by atoms with Crippen molar-refractivity contribution < 1.29 is 24.2 Å². The first-order chi connectivity index (χ1) is 39.1. The van der Waals surface area contributed by atoms with Crippen molar-refractivity contribution in [2.45, 2.75) is 322 Å². The second-order valence-electron chi connectivity index (χ2n) is 22.2. The van der Waals surface area contributed by atoms with Gasteiger partial charge >= 0.3 is 11.9 Å². The van der Waals surface area contributed by atoms with E-state index < -0.39 is 6.10 Å². The van der Waals surface area contributed by atoms with E-state index in [9.17, 15) is 14.7 Å². The molecule has 79 heavy (non-hydrogen) atoms. The van der Waals surface area contributed by atoms with Gasteiger partial charge in [-0.3, -0.25) is 9.59 Å². The van der Waals surface area contributed by atoms with Gasteiger partial charge in [0.05, 0.1) is 6.61 Å². The fourth-order valence-electron chi connectivity index (χ4n) is 9.53. The van der Waals surface area contributed by atoms with Crippen molar-refractivity contribution >= 4 is 11.9 Å². The molecule has 0 bridgehead atoms. The highest BCUT2D eigenvalue weighted by Crippen LogP contribution is 2.17. The quantitative estimate of drug-likeness (QED) is 0.0373. The predicted octanol–water partition coefficient (Wildman–Crippen LogP) is 23.4. The van der Waals surface area contributed by atoms with Crippen LogP contribution in [-0.4, -0.2) is 36.4 Å². The average Bonchev–Trinajstić information content (AvgIpc) is 3.45. The molecule has 5 heteroatoms. The summed E-state index contributed by atoms with van der Waals surface area (Å²) in [6.07, 6.45) is 101. The lowest BCUT2D eigenvalue weighted by Gasteiger charge is -2.15. The number of carbonyl (C=O) groups excluding carboxylic acids is 2. The summed E-state index contributed by atoms with van der Waals surface area (Å²) in [6, 6.07) is 0. The van der Waals surface area contributed by atoms with Crippen LogP contribution in [0.15, 0.2) is 122 Å². The minimum absolute atomic E-state index is 0.0689. The summed E-state index contributed by atoms with van der Waals surface area (Å²) in [6.45, 7) is 4.06. The van der Waals surface area contributed by atoms with Crippen molar-refractivity contribution in [3.05, 3.63) is 122 Å². The maximum Gasteiger partial charge on any atom is 0.306 e. The third-order valence-corrected chi connectivity index (χ3v) is 14.5. The van der Waals surface area contributed by atoms with E-state index in [0.717, 1.165) is 103 Å². The normalized spacial score (nSPS) is 13.0. The van der Waals surface area contributed by atoms with Crippen molar-refractivity contribution in [1.29, 1.82) is 0 Å². The number of aliphatic hydroxyl groups excluding tert-OH is 1. The standard InChI is InChI=1S/C74H126O5/c1-3-5-7-9-11-13-15-17-19-21-23-25-27-29-30-31-32-33-34-35-36-37-38-39-40-41-42-43-44-45-47-49-51-53-55-57-59-61-63-65-67-69-74(77)79-72(70-75)71-78-73(76)68-66-64-62-60-58-56-54-52-50-48-46-28-26-24-22-20-18-16-14-12-10-8-6-4-2/h5,7,11,13,17,19,23,25,29-30,32-33,35-36,38-39,41-42,44-45,72,75H,3-4,6,8-10,12,14-16,18,20-22,24,26-28,31,34,37,40,43,46-71H2,1-2H3/b7-5-,13-11-,19-17-,25-23-,30-29-,33-32-,36-35-,39-38-,42-41-,45-44-. The maximum atomic E-state index is 12.4. The molecular weight excluding hydrogens is 969 g/mol. The van der Waals surface area contributed by atoms with Gasteiger partial charge in [-0.15, -0.1) is 0 Å². The molecule has 0 aliphatic rings. The lowest BCUT2D eigenvalue weighted by molar-refractivity contribution is -0.161. The highest BCUT2D eigenvalue weighted by molar-refractivity contribution is 5.70. The number of hydrogen-bond donors (Lipinski definition) is 1. The molecule has 0 aliphatic heterocycles. The van der Waals surface area contributed by atoms with Crippen LogP contribution >= 0.6 is 0 Å². The van der Waals surface area contributed by atoms with Crippen molar-refractivity contribution in [3.8, 4) is 0 Å². The smallest absolute Gasteiger partial charge is 0.306 e. The summed E-state index contributed by atoms with van der Waals surface area (Å²) < 4.78 is 10.7. The van der Waals surface area contributed by atoms with Crippen molar-refractivity contribution in [3.63, 3.8) is 0 Å². The van der Waals surface area contributed by atoms with E-state index in [-0.39, 0.29) is 25.2 Å².